The van der Waals surface area contributed by atoms with Gasteiger partial charge in [-0.1, -0.05) is 97.1 Å². The Hall–Kier alpha value is -4.63. The fourth-order valence-electron chi connectivity index (χ4n) is 4.88. The minimum Gasteiger partial charge on any atom is -0.485 e. The molecule has 0 saturated carbocycles. The molecule has 2 aliphatic rings. The van der Waals surface area contributed by atoms with Crippen molar-refractivity contribution in [3.8, 4) is 6.07 Å². The first-order chi connectivity index (χ1) is 18.1. The third-order valence-electron chi connectivity index (χ3n) is 6.72. The summed E-state index contributed by atoms with van der Waals surface area (Å²) in [7, 11) is 0. The molecule has 1 heterocycles. The summed E-state index contributed by atoms with van der Waals surface area (Å²) in [5.74, 6) is -2.02. The molecule has 5 rings (SSSR count). The molecule has 3 unspecified atom stereocenters. The Bertz CT molecular complexity index is 1380. The fourth-order valence-corrected chi connectivity index (χ4v) is 4.88. The quantitative estimate of drug-likeness (QED) is 0.326. The van der Waals surface area contributed by atoms with E-state index in [1.807, 2.05) is 91.0 Å². The molecule has 1 aliphatic heterocycles. The molecule has 184 valence electrons. The van der Waals surface area contributed by atoms with Crippen molar-refractivity contribution in [3.63, 3.8) is 0 Å². The average molecular weight is 492 g/mol. The number of benzene rings is 3. The van der Waals surface area contributed by atoms with Gasteiger partial charge in [0.15, 0.2) is 0 Å². The van der Waals surface area contributed by atoms with Crippen LogP contribution in [0.25, 0.3) is 5.76 Å². The summed E-state index contributed by atoms with van der Waals surface area (Å²) in [6, 6.07) is 29.9. The van der Waals surface area contributed by atoms with Gasteiger partial charge in [-0.2, -0.15) is 5.26 Å². The summed E-state index contributed by atoms with van der Waals surface area (Å²) >= 11 is 0. The summed E-state index contributed by atoms with van der Waals surface area (Å²) < 4.78 is 17.6. The maximum absolute atomic E-state index is 13.9. The van der Waals surface area contributed by atoms with E-state index in [1.54, 1.807) is 12.2 Å². The number of fused-ring (bicyclic) bond motifs is 2. The summed E-state index contributed by atoms with van der Waals surface area (Å²) in [5, 5.41) is 10.4. The number of carbonyl (C=O) groups is 2. The van der Waals surface area contributed by atoms with Gasteiger partial charge in [0, 0.05) is 12.0 Å². The molecule has 0 fully saturated rings. The number of nitrogens with zero attached hydrogens (tertiary/aromatic N) is 1. The van der Waals surface area contributed by atoms with Crippen LogP contribution < -0.4 is 0 Å². The zero-order valence-corrected chi connectivity index (χ0v) is 20.1. The fraction of sp³-hybridized carbons (Fsp3) is 0.194. The van der Waals surface area contributed by atoms with E-state index in [4.69, 9.17) is 14.2 Å². The Morgan fingerprint density at radius 3 is 2.00 bits per heavy atom. The second-order valence-electron chi connectivity index (χ2n) is 9.03. The highest BCUT2D eigenvalue weighted by Gasteiger charge is 2.59. The standard InChI is InChI=1S/C31H25NO5/c32-19-27-28(24-14-8-3-9-15-24)37-25-16-17-26(29(33)35-20-22-10-4-1-5-11-22)31(27,18-25)30(34)36-21-23-12-6-2-7-13-23/h1-17,25-26H,18,20-21H2. The molecule has 0 aromatic heterocycles. The van der Waals surface area contributed by atoms with Gasteiger partial charge < -0.3 is 14.2 Å². The summed E-state index contributed by atoms with van der Waals surface area (Å²) in [5.41, 5.74) is 0.758. The van der Waals surface area contributed by atoms with Gasteiger partial charge in [0.1, 0.15) is 30.5 Å². The molecular weight excluding hydrogens is 466 g/mol. The first-order valence-electron chi connectivity index (χ1n) is 12.1. The van der Waals surface area contributed by atoms with E-state index in [0.29, 0.717) is 5.56 Å². The molecule has 3 aromatic rings. The monoisotopic (exact) mass is 491 g/mol. The van der Waals surface area contributed by atoms with Gasteiger partial charge in [-0.3, -0.25) is 9.59 Å². The Labute approximate surface area is 215 Å². The number of rotatable bonds is 7. The van der Waals surface area contributed by atoms with Crippen molar-refractivity contribution in [1.82, 2.24) is 0 Å². The lowest BCUT2D eigenvalue weighted by Crippen LogP contribution is -2.51. The van der Waals surface area contributed by atoms with Crippen LogP contribution >= 0.6 is 0 Å². The number of ether oxygens (including phenoxy) is 3. The predicted molar refractivity (Wildman–Crippen MR) is 136 cm³/mol. The molecule has 3 atom stereocenters. The molecule has 0 amide bonds. The van der Waals surface area contributed by atoms with Gasteiger partial charge in [-0.15, -0.1) is 0 Å². The number of nitriles is 1. The van der Waals surface area contributed by atoms with Gasteiger partial charge in [0.2, 0.25) is 0 Å². The van der Waals surface area contributed by atoms with Crippen LogP contribution in [0.15, 0.2) is 109 Å². The molecule has 1 aliphatic carbocycles. The molecule has 0 saturated heterocycles. The third kappa shape index (κ3) is 4.76. The lowest BCUT2D eigenvalue weighted by molar-refractivity contribution is -0.169. The van der Waals surface area contributed by atoms with Crippen molar-refractivity contribution in [1.29, 1.82) is 5.26 Å². The highest BCUT2D eigenvalue weighted by atomic mass is 16.5. The number of esters is 2. The van der Waals surface area contributed by atoms with Crippen molar-refractivity contribution in [2.45, 2.75) is 25.7 Å². The van der Waals surface area contributed by atoms with Gasteiger partial charge in [0.05, 0.1) is 17.6 Å². The van der Waals surface area contributed by atoms with Crippen molar-refractivity contribution in [2.75, 3.05) is 0 Å². The Balaban J connectivity index is 1.54. The van der Waals surface area contributed by atoms with E-state index in [-0.39, 0.29) is 31.0 Å². The van der Waals surface area contributed by atoms with Crippen LogP contribution in [0.5, 0.6) is 0 Å². The predicted octanol–water partition coefficient (Wildman–Crippen LogP) is 5.37. The molecule has 6 heteroatoms. The van der Waals surface area contributed by atoms with E-state index in [2.05, 4.69) is 6.07 Å². The second-order valence-corrected chi connectivity index (χ2v) is 9.03. The smallest absolute Gasteiger partial charge is 0.319 e. The molecule has 3 aromatic carbocycles. The summed E-state index contributed by atoms with van der Waals surface area (Å²) in [6.45, 7) is 0.0675. The van der Waals surface area contributed by atoms with Gasteiger partial charge in [-0.05, 0) is 17.2 Å². The summed E-state index contributed by atoms with van der Waals surface area (Å²) in [6.07, 6.45) is 2.97. The highest BCUT2D eigenvalue weighted by Crippen LogP contribution is 2.52. The lowest BCUT2D eigenvalue weighted by Gasteiger charge is -2.44. The van der Waals surface area contributed by atoms with E-state index in [1.165, 1.54) is 0 Å². The topological polar surface area (TPSA) is 85.6 Å². The Morgan fingerprint density at radius 2 is 1.41 bits per heavy atom. The normalized spacial score (nSPS) is 21.9. The van der Waals surface area contributed by atoms with Crippen LogP contribution in [0.1, 0.15) is 23.1 Å². The average Bonchev–Trinajstić information content (AvgIpc) is 2.96. The number of hydrogen-bond acceptors (Lipinski definition) is 6. The van der Waals surface area contributed by atoms with Crippen LogP contribution in [-0.4, -0.2) is 18.0 Å². The maximum atomic E-state index is 13.9. The van der Waals surface area contributed by atoms with Gasteiger partial charge >= 0.3 is 11.9 Å². The first kappa shape index (κ1) is 24.1. The van der Waals surface area contributed by atoms with Gasteiger partial charge in [0.25, 0.3) is 0 Å². The molecule has 0 radical (unpaired) electrons. The third-order valence-corrected chi connectivity index (χ3v) is 6.72. The van der Waals surface area contributed by atoms with Crippen LogP contribution in [0.4, 0.5) is 0 Å². The van der Waals surface area contributed by atoms with Crippen LogP contribution in [0.3, 0.4) is 0 Å². The second kappa shape index (κ2) is 10.5. The molecule has 2 bridgehead atoms. The largest absolute Gasteiger partial charge is 0.485 e. The minimum absolute atomic E-state index is 0.0157. The van der Waals surface area contributed by atoms with Crippen molar-refractivity contribution in [3.05, 3.63) is 125 Å². The highest BCUT2D eigenvalue weighted by molar-refractivity contribution is 5.94. The molecule has 0 spiro atoms. The van der Waals surface area contributed by atoms with E-state index >= 15 is 0 Å². The Morgan fingerprint density at radius 1 is 0.838 bits per heavy atom. The van der Waals surface area contributed by atoms with E-state index in [0.717, 1.165) is 11.1 Å². The van der Waals surface area contributed by atoms with Gasteiger partial charge in [-0.25, -0.2) is 0 Å². The first-order valence-corrected chi connectivity index (χ1v) is 12.1. The molecule has 0 N–H and O–H groups in total. The zero-order chi connectivity index (χ0) is 25.7. The van der Waals surface area contributed by atoms with Crippen molar-refractivity contribution < 1.29 is 23.8 Å². The summed E-state index contributed by atoms with van der Waals surface area (Å²) in [4.78, 5) is 27.4. The van der Waals surface area contributed by atoms with Crippen molar-refractivity contribution in [2.24, 2.45) is 11.3 Å². The van der Waals surface area contributed by atoms with E-state index in [9.17, 15) is 14.9 Å². The SMILES string of the molecule is N#CC1=C(c2ccccc2)OC2C=CC(C(=O)OCc3ccccc3)C1(C(=O)OCc1ccccc1)C2. The maximum Gasteiger partial charge on any atom is 0.319 e. The van der Waals surface area contributed by atoms with Crippen LogP contribution in [-0.2, 0) is 37.0 Å². The number of hydrogen-bond donors (Lipinski definition) is 0. The minimum atomic E-state index is -1.58. The van der Waals surface area contributed by atoms with Crippen LogP contribution in [0, 0.1) is 22.7 Å². The van der Waals surface area contributed by atoms with Crippen LogP contribution in [0.2, 0.25) is 0 Å². The molecule has 6 nitrogen and oxygen atoms in total. The van der Waals surface area contributed by atoms with E-state index < -0.39 is 29.4 Å². The number of carbonyl (C=O) groups excluding carboxylic acids is 2. The Kier molecular flexibility index (Phi) is 6.87. The lowest BCUT2D eigenvalue weighted by atomic mass is 9.62. The van der Waals surface area contributed by atoms with Crippen molar-refractivity contribution >= 4 is 17.7 Å². The zero-order valence-electron chi connectivity index (χ0n) is 20.1. The molecular formula is C31H25NO5. The molecule has 37 heavy (non-hydrogen) atoms.